The number of likely N-dealkylation sites (tertiary alicyclic amines) is 1. The van der Waals surface area contributed by atoms with Crippen molar-refractivity contribution in [1.82, 2.24) is 14.7 Å². The van der Waals surface area contributed by atoms with Crippen molar-refractivity contribution in [2.45, 2.75) is 102 Å². The van der Waals surface area contributed by atoms with E-state index in [1.165, 1.54) is 25.7 Å². The van der Waals surface area contributed by atoms with E-state index < -0.39 is 6.04 Å². The van der Waals surface area contributed by atoms with Crippen molar-refractivity contribution in [3.63, 3.8) is 0 Å². The van der Waals surface area contributed by atoms with Crippen LogP contribution in [0.25, 0.3) is 10.8 Å². The van der Waals surface area contributed by atoms with Crippen LogP contribution in [0.15, 0.2) is 42.5 Å². The van der Waals surface area contributed by atoms with E-state index in [9.17, 15) is 19.8 Å². The number of aliphatic hydroxyl groups excluding tert-OH is 2. The summed E-state index contributed by atoms with van der Waals surface area (Å²) in [6.07, 6.45) is 10.0. The number of carbonyl (C=O) groups excluding carboxylic acids is 2. The molecule has 10 atom stereocenters. The van der Waals surface area contributed by atoms with Crippen LogP contribution in [0, 0.1) is 34.5 Å². The molecule has 248 valence electrons. The van der Waals surface area contributed by atoms with Gasteiger partial charge in [-0.1, -0.05) is 44.2 Å². The molecule has 0 radical (unpaired) electrons. The molecule has 7 nitrogen and oxygen atoms in total. The average Bonchev–Trinajstić information content (AvgIpc) is 3.68. The highest BCUT2D eigenvalue weighted by molar-refractivity contribution is 6.01. The van der Waals surface area contributed by atoms with E-state index in [0.29, 0.717) is 48.9 Å². The van der Waals surface area contributed by atoms with Gasteiger partial charge in [-0.3, -0.25) is 14.5 Å². The van der Waals surface area contributed by atoms with Gasteiger partial charge in [-0.2, -0.15) is 0 Å². The molecule has 4 aliphatic carbocycles. The number of amides is 2. The Balaban J connectivity index is 0.922. The second-order valence-electron chi connectivity index (χ2n) is 16.4. The normalized spacial score (nSPS) is 41.2. The smallest absolute Gasteiger partial charge is 0.254 e. The van der Waals surface area contributed by atoms with Crippen LogP contribution in [0.1, 0.15) is 88.4 Å². The molecule has 0 aromatic heterocycles. The summed E-state index contributed by atoms with van der Waals surface area (Å²) in [5.41, 5.74) is 0.968. The minimum Gasteiger partial charge on any atom is -0.393 e. The van der Waals surface area contributed by atoms with E-state index in [2.05, 4.69) is 24.8 Å². The Hall–Kier alpha value is -2.48. The van der Waals surface area contributed by atoms with Crippen molar-refractivity contribution in [1.29, 1.82) is 0 Å². The first-order valence-corrected chi connectivity index (χ1v) is 18.4. The number of benzene rings is 2. The average molecular weight is 628 g/mol. The lowest BCUT2D eigenvalue weighted by atomic mass is 9.44. The Kier molecular flexibility index (Phi) is 7.77. The van der Waals surface area contributed by atoms with Crippen molar-refractivity contribution in [2.24, 2.45) is 34.5 Å². The molecule has 4 unspecified atom stereocenters. The fourth-order valence-electron chi connectivity index (χ4n) is 11.9. The van der Waals surface area contributed by atoms with Crippen molar-refractivity contribution in [2.75, 3.05) is 32.7 Å². The van der Waals surface area contributed by atoms with Gasteiger partial charge in [0, 0.05) is 44.3 Å². The fourth-order valence-corrected chi connectivity index (χ4v) is 11.9. The predicted molar refractivity (Wildman–Crippen MR) is 179 cm³/mol. The van der Waals surface area contributed by atoms with E-state index >= 15 is 0 Å². The zero-order chi connectivity index (χ0) is 31.8. The summed E-state index contributed by atoms with van der Waals surface area (Å²) in [5, 5.41) is 24.6. The maximum Gasteiger partial charge on any atom is 0.254 e. The van der Waals surface area contributed by atoms with Gasteiger partial charge in [0.05, 0.1) is 12.2 Å². The molecule has 2 amide bonds. The van der Waals surface area contributed by atoms with Crippen LogP contribution < -0.4 is 0 Å². The maximum atomic E-state index is 13.9. The van der Waals surface area contributed by atoms with Gasteiger partial charge >= 0.3 is 0 Å². The summed E-state index contributed by atoms with van der Waals surface area (Å²) >= 11 is 0. The summed E-state index contributed by atoms with van der Waals surface area (Å²) in [6, 6.07) is 13.7. The molecule has 2 N–H and O–H groups in total. The minimum atomic E-state index is -0.393. The van der Waals surface area contributed by atoms with Gasteiger partial charge in [-0.05, 0) is 122 Å². The molecule has 7 heteroatoms. The lowest BCUT2D eigenvalue weighted by molar-refractivity contribution is -0.157. The number of piperazine rings is 1. The molecule has 2 aliphatic heterocycles. The summed E-state index contributed by atoms with van der Waals surface area (Å²) in [7, 11) is 0. The molecule has 2 saturated heterocycles. The van der Waals surface area contributed by atoms with Crippen LogP contribution in [0.3, 0.4) is 0 Å². The van der Waals surface area contributed by atoms with Gasteiger partial charge in [-0.25, -0.2) is 0 Å². The van der Waals surface area contributed by atoms with Crippen LogP contribution >= 0.6 is 0 Å². The van der Waals surface area contributed by atoms with Gasteiger partial charge in [0.25, 0.3) is 5.91 Å². The van der Waals surface area contributed by atoms with E-state index in [4.69, 9.17) is 0 Å². The second-order valence-corrected chi connectivity index (χ2v) is 16.4. The third-order valence-corrected chi connectivity index (χ3v) is 14.5. The van der Waals surface area contributed by atoms with Crippen LogP contribution in [0.4, 0.5) is 0 Å². The molecular weight excluding hydrogens is 574 g/mol. The number of fused-ring (bicyclic) bond motifs is 6. The zero-order valence-electron chi connectivity index (χ0n) is 27.8. The molecule has 2 aromatic rings. The number of nitrogens with zero attached hydrogens (tertiary/aromatic N) is 3. The van der Waals surface area contributed by atoms with Gasteiger partial charge in [0.1, 0.15) is 6.04 Å². The number of rotatable bonds is 3. The molecule has 6 aliphatic rings. The van der Waals surface area contributed by atoms with Crippen molar-refractivity contribution in [3.05, 3.63) is 48.0 Å². The molecule has 8 rings (SSSR count). The monoisotopic (exact) mass is 627 g/mol. The molecular formula is C39H53N3O4. The summed E-state index contributed by atoms with van der Waals surface area (Å²) in [5.74, 6) is 2.64. The van der Waals surface area contributed by atoms with E-state index in [-0.39, 0.29) is 40.9 Å². The molecule has 2 heterocycles. The maximum absolute atomic E-state index is 13.9. The van der Waals surface area contributed by atoms with Gasteiger partial charge in [0.15, 0.2) is 0 Å². The lowest BCUT2D eigenvalue weighted by Gasteiger charge is -2.62. The second kappa shape index (κ2) is 11.6. The number of aliphatic hydroxyl groups is 2. The summed E-state index contributed by atoms with van der Waals surface area (Å²) in [4.78, 5) is 33.8. The zero-order valence-corrected chi connectivity index (χ0v) is 27.8. The highest BCUT2D eigenvalue weighted by Crippen LogP contribution is 2.66. The number of hydrogen-bond donors (Lipinski definition) is 2. The molecule has 4 saturated carbocycles. The van der Waals surface area contributed by atoms with Crippen molar-refractivity contribution in [3.8, 4) is 0 Å². The Labute approximate surface area is 274 Å². The molecule has 2 aromatic carbocycles. The predicted octanol–water partition coefficient (Wildman–Crippen LogP) is 5.33. The Morgan fingerprint density at radius 3 is 2.37 bits per heavy atom. The van der Waals surface area contributed by atoms with E-state index in [0.717, 1.165) is 62.4 Å². The fraction of sp³-hybridized carbons (Fsp3) is 0.692. The Bertz CT molecular complexity index is 1490. The van der Waals surface area contributed by atoms with Crippen LogP contribution in [-0.2, 0) is 4.79 Å². The third-order valence-electron chi connectivity index (χ3n) is 14.5. The molecule has 46 heavy (non-hydrogen) atoms. The topological polar surface area (TPSA) is 84.3 Å². The summed E-state index contributed by atoms with van der Waals surface area (Å²) < 4.78 is 0. The largest absolute Gasteiger partial charge is 0.393 e. The first-order chi connectivity index (χ1) is 22.2. The third kappa shape index (κ3) is 4.85. The van der Waals surface area contributed by atoms with E-state index in [1.54, 1.807) is 0 Å². The first-order valence-electron chi connectivity index (χ1n) is 18.4. The molecule has 6 fully saturated rings. The number of carbonyl (C=O) groups is 2. The number of hydrogen-bond acceptors (Lipinski definition) is 5. The van der Waals surface area contributed by atoms with Crippen LogP contribution in [0.2, 0.25) is 0 Å². The first kappa shape index (κ1) is 30.8. The van der Waals surface area contributed by atoms with Crippen molar-refractivity contribution >= 4 is 22.6 Å². The van der Waals surface area contributed by atoms with Crippen LogP contribution in [0.5, 0.6) is 0 Å². The van der Waals surface area contributed by atoms with Crippen LogP contribution in [-0.4, -0.2) is 93.7 Å². The van der Waals surface area contributed by atoms with E-state index in [1.807, 2.05) is 46.2 Å². The quantitative estimate of drug-likeness (QED) is 0.481. The molecule has 0 bridgehead atoms. The highest BCUT2D eigenvalue weighted by atomic mass is 16.3. The molecule has 0 spiro atoms. The van der Waals surface area contributed by atoms with Gasteiger partial charge < -0.3 is 20.0 Å². The standard InChI is InChI=1S/C39H53N3O4/c1-38-16-15-31-29(30(38)13-14-35(38)44)12-11-28-23-34(43)33(24-39(28,31)2)40-18-20-41(21-19-40)37(46)32-8-5-17-42(32)36(45)27-10-9-25-6-3-4-7-26(25)22-27/h3-4,6-7,9-10,22,28-35,43-44H,5,8,11-21,23-24H2,1-2H3/t28?,29?,30?,31?,32-,33-,34-,35-,38-,39-/m0/s1. The van der Waals surface area contributed by atoms with Gasteiger partial charge in [0.2, 0.25) is 5.91 Å². The Morgan fingerprint density at radius 1 is 0.804 bits per heavy atom. The lowest BCUT2D eigenvalue weighted by Crippen LogP contribution is -2.62. The highest BCUT2D eigenvalue weighted by Gasteiger charge is 2.61. The van der Waals surface area contributed by atoms with Gasteiger partial charge in [-0.15, -0.1) is 0 Å². The SMILES string of the molecule is C[C@]12C[C@H](N3CCN(C(=O)[C@@H]4CCCN4C(=O)c4ccc5ccccc5c4)CC3)[C@@H](O)CC1CCC1C2CC[C@@]2(C)C1CC[C@@H]2O. The Morgan fingerprint density at radius 2 is 1.57 bits per heavy atom. The van der Waals surface area contributed by atoms with Crippen molar-refractivity contribution < 1.29 is 19.8 Å². The summed E-state index contributed by atoms with van der Waals surface area (Å²) in [6.45, 7) is 8.39. The minimum absolute atomic E-state index is 0.0470.